The number of rotatable bonds is 4. The van der Waals surface area contributed by atoms with Crippen LogP contribution in [0.4, 0.5) is 5.69 Å². The summed E-state index contributed by atoms with van der Waals surface area (Å²) in [7, 11) is 0. The van der Waals surface area contributed by atoms with Crippen molar-refractivity contribution in [3.8, 4) is 22.8 Å². The minimum atomic E-state index is -0.402. The first-order chi connectivity index (χ1) is 15.5. The number of anilines is 1. The average molecular weight is 529 g/mol. The number of nitrogens with zero attached hydrogens (tertiary/aromatic N) is 2. The van der Waals surface area contributed by atoms with Gasteiger partial charge in [-0.1, -0.05) is 23.2 Å². The summed E-state index contributed by atoms with van der Waals surface area (Å²) in [5.74, 6) is 0.650. The summed E-state index contributed by atoms with van der Waals surface area (Å²) in [5, 5.41) is 3.76. The summed E-state index contributed by atoms with van der Waals surface area (Å²) in [6, 6.07) is 15.4. The standard InChI is InChI=1S/C23H12BrCl2N3O3/c24-13-7-12(10-27-11-13)23-29-18-9-15(2-4-20(18)32-23)28-22(30)21-6-5-19(31-21)16-3-1-14(25)8-17(16)26/h1-11H,(H,28,30). The van der Waals surface area contributed by atoms with Crippen LogP contribution in [0.15, 0.2) is 80.3 Å². The van der Waals surface area contributed by atoms with Gasteiger partial charge in [0, 0.05) is 33.1 Å². The Morgan fingerprint density at radius 3 is 2.66 bits per heavy atom. The van der Waals surface area contributed by atoms with Crippen LogP contribution < -0.4 is 5.32 Å². The molecule has 158 valence electrons. The fraction of sp³-hybridized carbons (Fsp3) is 0. The number of oxazole rings is 1. The topological polar surface area (TPSA) is 81.2 Å². The number of fused-ring (bicyclic) bond motifs is 1. The molecule has 0 aliphatic carbocycles. The largest absolute Gasteiger partial charge is 0.451 e. The number of hydrogen-bond acceptors (Lipinski definition) is 5. The molecule has 0 saturated heterocycles. The Labute approximate surface area is 200 Å². The van der Waals surface area contributed by atoms with E-state index in [2.05, 4.69) is 31.2 Å². The van der Waals surface area contributed by atoms with Crippen molar-refractivity contribution >= 4 is 61.8 Å². The van der Waals surface area contributed by atoms with E-state index in [0.29, 0.717) is 44.0 Å². The number of pyridine rings is 1. The van der Waals surface area contributed by atoms with E-state index in [0.717, 1.165) is 10.0 Å². The van der Waals surface area contributed by atoms with E-state index >= 15 is 0 Å². The van der Waals surface area contributed by atoms with Crippen molar-refractivity contribution in [3.63, 3.8) is 0 Å². The minimum absolute atomic E-state index is 0.146. The molecule has 5 aromatic rings. The van der Waals surface area contributed by atoms with E-state index < -0.39 is 5.91 Å². The average Bonchev–Trinajstić information content (AvgIpc) is 3.41. The lowest BCUT2D eigenvalue weighted by Gasteiger charge is -2.03. The van der Waals surface area contributed by atoms with Crippen LogP contribution in [0.25, 0.3) is 33.9 Å². The molecule has 9 heteroatoms. The first-order valence-corrected chi connectivity index (χ1v) is 10.9. The number of hydrogen-bond donors (Lipinski definition) is 1. The van der Waals surface area contributed by atoms with Gasteiger partial charge in [-0.2, -0.15) is 0 Å². The summed E-state index contributed by atoms with van der Waals surface area (Å²) in [4.78, 5) is 21.3. The Bertz CT molecular complexity index is 1480. The van der Waals surface area contributed by atoms with Gasteiger partial charge in [0.05, 0.1) is 10.6 Å². The molecule has 0 aliphatic heterocycles. The number of furan rings is 1. The van der Waals surface area contributed by atoms with E-state index in [1.54, 1.807) is 60.9 Å². The van der Waals surface area contributed by atoms with E-state index in [1.165, 1.54) is 0 Å². The monoisotopic (exact) mass is 527 g/mol. The van der Waals surface area contributed by atoms with Gasteiger partial charge in [0.15, 0.2) is 11.3 Å². The maximum absolute atomic E-state index is 12.7. The van der Waals surface area contributed by atoms with Crippen LogP contribution in [0, 0.1) is 0 Å². The van der Waals surface area contributed by atoms with Gasteiger partial charge >= 0.3 is 0 Å². The van der Waals surface area contributed by atoms with Gasteiger partial charge in [0.1, 0.15) is 11.3 Å². The van der Waals surface area contributed by atoms with E-state index in [-0.39, 0.29) is 5.76 Å². The van der Waals surface area contributed by atoms with Crippen LogP contribution in [-0.2, 0) is 0 Å². The molecule has 1 N–H and O–H groups in total. The zero-order chi connectivity index (χ0) is 22.2. The summed E-state index contributed by atoms with van der Waals surface area (Å²) < 4.78 is 12.3. The van der Waals surface area contributed by atoms with Gasteiger partial charge in [0.25, 0.3) is 5.91 Å². The molecule has 0 atom stereocenters. The second kappa shape index (κ2) is 8.43. The van der Waals surface area contributed by atoms with Crippen molar-refractivity contribution in [1.29, 1.82) is 0 Å². The third-order valence-corrected chi connectivity index (χ3v) is 5.61. The number of carbonyl (C=O) groups excluding carboxylic acids is 1. The number of aromatic nitrogens is 2. The van der Waals surface area contributed by atoms with E-state index in [4.69, 9.17) is 32.0 Å². The van der Waals surface area contributed by atoms with Gasteiger partial charge in [-0.05, 0) is 70.5 Å². The van der Waals surface area contributed by atoms with Gasteiger partial charge < -0.3 is 14.2 Å². The molecule has 32 heavy (non-hydrogen) atoms. The molecule has 0 aliphatic rings. The normalized spacial score (nSPS) is 11.1. The summed E-state index contributed by atoms with van der Waals surface area (Å²) in [5.41, 5.74) is 3.14. The van der Waals surface area contributed by atoms with Crippen molar-refractivity contribution < 1.29 is 13.6 Å². The van der Waals surface area contributed by atoms with Gasteiger partial charge in [-0.15, -0.1) is 0 Å². The van der Waals surface area contributed by atoms with Crippen LogP contribution in [0.1, 0.15) is 10.6 Å². The molecular weight excluding hydrogens is 517 g/mol. The van der Waals surface area contributed by atoms with Crippen LogP contribution in [0.3, 0.4) is 0 Å². The second-order valence-electron chi connectivity index (χ2n) is 6.84. The number of carbonyl (C=O) groups is 1. The van der Waals surface area contributed by atoms with Crippen LogP contribution in [0.5, 0.6) is 0 Å². The Hall–Kier alpha value is -3.13. The summed E-state index contributed by atoms with van der Waals surface area (Å²) in [6.45, 7) is 0. The van der Waals surface area contributed by atoms with E-state index in [9.17, 15) is 4.79 Å². The third kappa shape index (κ3) is 4.14. The smallest absolute Gasteiger partial charge is 0.291 e. The Kier molecular flexibility index (Phi) is 5.46. The molecule has 0 fully saturated rings. The molecule has 0 unspecified atom stereocenters. The first-order valence-electron chi connectivity index (χ1n) is 9.34. The molecule has 0 radical (unpaired) electrons. The van der Waals surface area contributed by atoms with Gasteiger partial charge in [0.2, 0.25) is 5.89 Å². The zero-order valence-electron chi connectivity index (χ0n) is 16.1. The number of halogens is 3. The van der Waals surface area contributed by atoms with Gasteiger partial charge in [-0.25, -0.2) is 4.98 Å². The number of benzene rings is 2. The van der Waals surface area contributed by atoms with Crippen LogP contribution >= 0.6 is 39.1 Å². The van der Waals surface area contributed by atoms with Crippen LogP contribution in [0.2, 0.25) is 10.0 Å². The van der Waals surface area contributed by atoms with Crippen molar-refractivity contribution in [1.82, 2.24) is 9.97 Å². The maximum Gasteiger partial charge on any atom is 0.291 e. The lowest BCUT2D eigenvalue weighted by atomic mass is 10.2. The first kappa shape index (κ1) is 20.8. The molecule has 6 nitrogen and oxygen atoms in total. The molecule has 5 rings (SSSR count). The highest BCUT2D eigenvalue weighted by molar-refractivity contribution is 9.10. The SMILES string of the molecule is O=C(Nc1ccc2oc(-c3cncc(Br)c3)nc2c1)c1ccc(-c2ccc(Cl)cc2Cl)o1. The lowest BCUT2D eigenvalue weighted by molar-refractivity contribution is 0.0997. The Morgan fingerprint density at radius 2 is 1.84 bits per heavy atom. The third-order valence-electron chi connectivity index (χ3n) is 4.62. The van der Waals surface area contributed by atoms with Crippen molar-refractivity contribution in [3.05, 3.63) is 87.3 Å². The predicted octanol–water partition coefficient (Wildman–Crippen LogP) is 7.47. The number of nitrogens with one attached hydrogen (secondary N) is 1. The Balaban J connectivity index is 1.37. The van der Waals surface area contributed by atoms with Crippen molar-refractivity contribution in [2.45, 2.75) is 0 Å². The van der Waals surface area contributed by atoms with Crippen LogP contribution in [-0.4, -0.2) is 15.9 Å². The highest BCUT2D eigenvalue weighted by Gasteiger charge is 2.16. The van der Waals surface area contributed by atoms with Crippen molar-refractivity contribution in [2.24, 2.45) is 0 Å². The van der Waals surface area contributed by atoms with Crippen molar-refractivity contribution in [2.75, 3.05) is 5.32 Å². The molecule has 2 aromatic carbocycles. The fourth-order valence-electron chi connectivity index (χ4n) is 3.14. The van der Waals surface area contributed by atoms with Gasteiger partial charge in [-0.3, -0.25) is 9.78 Å². The minimum Gasteiger partial charge on any atom is -0.451 e. The quantitative estimate of drug-likeness (QED) is 0.261. The molecule has 3 heterocycles. The summed E-state index contributed by atoms with van der Waals surface area (Å²) >= 11 is 15.6. The Morgan fingerprint density at radius 1 is 0.969 bits per heavy atom. The molecule has 0 spiro atoms. The predicted molar refractivity (Wildman–Crippen MR) is 127 cm³/mol. The highest BCUT2D eigenvalue weighted by atomic mass is 79.9. The van der Waals surface area contributed by atoms with E-state index in [1.807, 2.05) is 6.07 Å². The zero-order valence-corrected chi connectivity index (χ0v) is 19.2. The molecule has 1 amide bonds. The fourth-order valence-corrected chi connectivity index (χ4v) is 4.01. The number of amides is 1. The molecule has 0 bridgehead atoms. The highest BCUT2D eigenvalue weighted by Crippen LogP contribution is 2.32. The summed E-state index contributed by atoms with van der Waals surface area (Å²) in [6.07, 6.45) is 3.35. The molecule has 0 saturated carbocycles. The lowest BCUT2D eigenvalue weighted by Crippen LogP contribution is -2.10. The maximum atomic E-state index is 12.7. The molecule has 3 aromatic heterocycles. The molecular formula is C23H12BrCl2N3O3. The second-order valence-corrected chi connectivity index (χ2v) is 8.59.